The monoisotopic (exact) mass is 959 g/mol. The third kappa shape index (κ3) is 9.54. The van der Waals surface area contributed by atoms with Crippen LogP contribution in [0.4, 0.5) is 0 Å². The Balaban J connectivity index is 1.16. The summed E-state index contributed by atoms with van der Waals surface area (Å²) in [6.45, 7) is 29.8. The topological polar surface area (TPSA) is 35.9 Å². The van der Waals surface area contributed by atoms with E-state index in [0.717, 1.165) is 61.9 Å². The van der Waals surface area contributed by atoms with Gasteiger partial charge < -0.3 is 4.74 Å². The largest absolute Gasteiger partial charge is 0.458 e. The van der Waals surface area contributed by atoms with Crippen molar-refractivity contribution in [3.05, 3.63) is 234 Å². The molecular weight excluding hydrogens is 889 g/mol. The van der Waals surface area contributed by atoms with Crippen LogP contribution in [0.5, 0.6) is 11.5 Å². The Kier molecular flexibility index (Phi) is 12.2. The zero-order chi connectivity index (χ0) is 51.7. The second-order valence-electron chi connectivity index (χ2n) is 24.2. The standard InChI is InChI=1S/C68H70N4O/c1-64(2,3)50-29-32-60-59(40-50)58-31-30-56(43-61(58)72(60)63-41-51(33-34-69-63)65(4,5)6)73-57-36-47(46-23-17-14-18-24-46)35-54(42-57)70-44-62(68(12,13)49-27-21-16-22-28-49)71(45-70)55-38-52(66(7,8)9)37-53(39-55)67(10,11)48-25-19-15-20-26-48/h14-44H,1-13H3. The van der Waals surface area contributed by atoms with Gasteiger partial charge in [-0.25, -0.2) is 4.98 Å². The zero-order valence-electron chi connectivity index (χ0n) is 45.1. The van der Waals surface area contributed by atoms with E-state index >= 15 is 0 Å². The van der Waals surface area contributed by atoms with Gasteiger partial charge in [-0.05, 0) is 127 Å². The van der Waals surface area contributed by atoms with Crippen LogP contribution < -0.4 is 9.30 Å². The molecule has 10 aromatic rings. The first-order valence-electron chi connectivity index (χ1n) is 25.8. The number of rotatable bonds is 10. The van der Waals surface area contributed by atoms with E-state index in [9.17, 15) is 0 Å². The van der Waals surface area contributed by atoms with E-state index in [1.54, 1.807) is 0 Å². The maximum atomic E-state index is 7.09. The van der Waals surface area contributed by atoms with Crippen molar-refractivity contribution in [2.24, 2.45) is 0 Å². The molecule has 0 radical (unpaired) electrons. The molecule has 0 aliphatic heterocycles. The molecule has 0 saturated heterocycles. The van der Waals surface area contributed by atoms with Crippen LogP contribution in [-0.2, 0) is 27.1 Å². The fraction of sp³-hybridized carbons (Fsp3) is 0.265. The highest BCUT2D eigenvalue weighted by molar-refractivity contribution is 6.09. The lowest BCUT2D eigenvalue weighted by Gasteiger charge is -2.31. The predicted molar refractivity (Wildman–Crippen MR) is 303 cm³/mol. The molecule has 0 unspecified atom stereocenters. The number of nitrogens with zero attached hydrogens (tertiary/aromatic N) is 4. The fourth-order valence-corrected chi connectivity index (χ4v) is 10.2. The molecule has 3 heterocycles. The number of ether oxygens (including phenoxy) is 1. The molecular formula is C68H70N4O. The van der Waals surface area contributed by atoms with Crippen molar-refractivity contribution in [2.75, 3.05) is 0 Å². The Morgan fingerprint density at radius 2 is 1.04 bits per heavy atom. The Bertz CT molecular complexity index is 3630. The van der Waals surface area contributed by atoms with Crippen LogP contribution in [0.2, 0.25) is 0 Å². The van der Waals surface area contributed by atoms with Crippen LogP contribution in [0.3, 0.4) is 0 Å². The first kappa shape index (κ1) is 49.1. The molecule has 0 atom stereocenters. The predicted octanol–water partition coefficient (Wildman–Crippen LogP) is 17.0. The van der Waals surface area contributed by atoms with Crippen molar-refractivity contribution in [3.8, 4) is 39.8 Å². The van der Waals surface area contributed by atoms with Gasteiger partial charge in [0, 0.05) is 40.1 Å². The first-order valence-corrected chi connectivity index (χ1v) is 25.8. The second-order valence-corrected chi connectivity index (χ2v) is 24.2. The molecule has 0 aliphatic carbocycles. The van der Waals surface area contributed by atoms with Gasteiger partial charge in [0.2, 0.25) is 0 Å². The molecule has 3 aromatic heterocycles. The third-order valence-electron chi connectivity index (χ3n) is 15.1. The van der Waals surface area contributed by atoms with E-state index < -0.39 is 5.41 Å². The molecule has 0 saturated carbocycles. The van der Waals surface area contributed by atoms with E-state index in [0.29, 0.717) is 0 Å². The van der Waals surface area contributed by atoms with Crippen molar-refractivity contribution in [1.82, 2.24) is 14.1 Å². The lowest BCUT2D eigenvalue weighted by atomic mass is 9.75. The van der Waals surface area contributed by atoms with Gasteiger partial charge in [-0.3, -0.25) is 13.7 Å². The molecule has 0 bridgehead atoms. The van der Waals surface area contributed by atoms with Crippen LogP contribution >= 0.6 is 0 Å². The lowest BCUT2D eigenvalue weighted by molar-refractivity contribution is -0.611. The maximum absolute atomic E-state index is 7.09. The molecule has 5 nitrogen and oxygen atoms in total. The summed E-state index contributed by atoms with van der Waals surface area (Å²) in [4.78, 5) is 5.00. The summed E-state index contributed by atoms with van der Waals surface area (Å²) in [5.41, 5.74) is 14.1. The summed E-state index contributed by atoms with van der Waals surface area (Å²) in [5.74, 6) is 2.34. The molecule has 0 N–H and O–H groups in total. The highest BCUT2D eigenvalue weighted by atomic mass is 16.5. The number of aromatic nitrogens is 4. The fourth-order valence-electron chi connectivity index (χ4n) is 10.2. The van der Waals surface area contributed by atoms with Gasteiger partial charge in [0.05, 0.1) is 28.1 Å². The maximum Gasteiger partial charge on any atom is 0.269 e. The summed E-state index contributed by atoms with van der Waals surface area (Å²) in [7, 11) is 0. The molecule has 7 aromatic carbocycles. The normalized spacial score (nSPS) is 12.7. The summed E-state index contributed by atoms with van der Waals surface area (Å²) in [5, 5.41) is 2.35. The first-order chi connectivity index (χ1) is 34.6. The van der Waals surface area contributed by atoms with E-state index in [1.165, 1.54) is 38.8 Å². The van der Waals surface area contributed by atoms with Crippen molar-refractivity contribution < 1.29 is 9.30 Å². The van der Waals surface area contributed by atoms with Crippen molar-refractivity contribution in [1.29, 1.82) is 0 Å². The second kappa shape index (κ2) is 18.2. The molecule has 73 heavy (non-hydrogen) atoms. The third-order valence-corrected chi connectivity index (χ3v) is 15.1. The average molecular weight is 959 g/mol. The van der Waals surface area contributed by atoms with Crippen LogP contribution in [0.25, 0.3) is 50.1 Å². The van der Waals surface area contributed by atoms with E-state index in [-0.39, 0.29) is 21.7 Å². The van der Waals surface area contributed by atoms with Gasteiger partial charge in [0.25, 0.3) is 6.33 Å². The molecule has 0 fully saturated rings. The minimum Gasteiger partial charge on any atom is -0.458 e. The SMILES string of the molecule is CC(C)(C)c1cc(-[n+]2[c-]n(-c3cc(Oc4ccc5c6cc(C(C)(C)C)ccc6n(-c6cc(C(C)(C)C)ccn6)c5c4)cc(-c4ccccc4)c3)cc2C(C)(C)c2ccccc2)cc(C(C)(C)c2ccccc2)c1. The van der Waals surface area contributed by atoms with Gasteiger partial charge >= 0.3 is 0 Å². The molecule has 0 spiro atoms. The molecule has 0 aliphatic rings. The van der Waals surface area contributed by atoms with Crippen molar-refractivity contribution >= 4 is 21.8 Å². The lowest BCUT2D eigenvalue weighted by Crippen LogP contribution is -2.41. The Morgan fingerprint density at radius 1 is 0.438 bits per heavy atom. The minimum absolute atomic E-state index is 0.00921. The van der Waals surface area contributed by atoms with Gasteiger partial charge in [-0.15, -0.1) is 0 Å². The molecule has 10 rings (SSSR count). The summed E-state index contributed by atoms with van der Waals surface area (Å²) in [6, 6.07) is 63.7. The Labute approximate surface area is 433 Å². The number of hydrogen-bond donors (Lipinski definition) is 0. The summed E-state index contributed by atoms with van der Waals surface area (Å²) in [6.07, 6.45) is 8.12. The highest BCUT2D eigenvalue weighted by Gasteiger charge is 2.32. The van der Waals surface area contributed by atoms with Crippen LogP contribution in [0.1, 0.15) is 129 Å². The Hall–Kier alpha value is -7.50. The van der Waals surface area contributed by atoms with Gasteiger partial charge in [-0.2, -0.15) is 0 Å². The van der Waals surface area contributed by atoms with E-state index in [4.69, 9.17) is 9.72 Å². The number of benzene rings is 7. The number of imidazole rings is 1. The number of fused-ring (bicyclic) bond motifs is 3. The van der Waals surface area contributed by atoms with Crippen LogP contribution in [0.15, 0.2) is 188 Å². The zero-order valence-corrected chi connectivity index (χ0v) is 45.1. The smallest absolute Gasteiger partial charge is 0.269 e. The van der Waals surface area contributed by atoms with Gasteiger partial charge in [0.15, 0.2) is 0 Å². The average Bonchev–Trinajstić information content (AvgIpc) is 3.97. The van der Waals surface area contributed by atoms with Crippen LogP contribution in [0, 0.1) is 6.33 Å². The summed E-state index contributed by atoms with van der Waals surface area (Å²) < 4.78 is 13.8. The van der Waals surface area contributed by atoms with Crippen molar-refractivity contribution in [3.63, 3.8) is 0 Å². The Morgan fingerprint density at radius 3 is 1.68 bits per heavy atom. The van der Waals surface area contributed by atoms with E-state index in [1.807, 2.05) is 6.20 Å². The molecule has 0 amide bonds. The van der Waals surface area contributed by atoms with Gasteiger partial charge in [-0.1, -0.05) is 193 Å². The highest BCUT2D eigenvalue weighted by Crippen LogP contribution is 2.41. The summed E-state index contributed by atoms with van der Waals surface area (Å²) >= 11 is 0. The molecule has 368 valence electrons. The van der Waals surface area contributed by atoms with Crippen LogP contribution in [-0.4, -0.2) is 14.1 Å². The molecule has 5 heteroatoms. The van der Waals surface area contributed by atoms with E-state index in [2.05, 4.69) is 292 Å². The number of hydrogen-bond acceptors (Lipinski definition) is 2. The quantitative estimate of drug-likeness (QED) is 0.101. The minimum atomic E-state index is -0.408. The van der Waals surface area contributed by atoms with Crippen molar-refractivity contribution in [2.45, 2.75) is 117 Å². The van der Waals surface area contributed by atoms with Gasteiger partial charge in [0.1, 0.15) is 17.3 Å². The number of pyridine rings is 1.